The van der Waals surface area contributed by atoms with Crippen molar-refractivity contribution >= 4 is 10.0 Å². The predicted octanol–water partition coefficient (Wildman–Crippen LogP) is 0.535. The highest BCUT2D eigenvalue weighted by Crippen LogP contribution is 2.24. The van der Waals surface area contributed by atoms with E-state index in [0.717, 1.165) is 5.56 Å². The number of sulfonamides is 1. The van der Waals surface area contributed by atoms with Crippen molar-refractivity contribution in [3.05, 3.63) is 23.8 Å². The number of primary sulfonamides is 1. The molecule has 1 aromatic carbocycles. The van der Waals surface area contributed by atoms with E-state index in [1.165, 1.54) is 7.11 Å². The minimum atomic E-state index is -3.45. The van der Waals surface area contributed by atoms with E-state index >= 15 is 0 Å². The number of hydrogen-bond donors (Lipinski definition) is 1. The number of nitrogens with two attached hydrogens (primary N) is 1. The molecule has 0 aliphatic rings. The van der Waals surface area contributed by atoms with Crippen LogP contribution in [0.3, 0.4) is 0 Å². The number of hydrogen-bond acceptors (Lipinski definition) is 4. The molecule has 0 aliphatic carbocycles. The van der Waals surface area contributed by atoms with Gasteiger partial charge in [0.15, 0.2) is 0 Å². The number of benzene rings is 1. The smallest absolute Gasteiger partial charge is 0.209 e. The van der Waals surface area contributed by atoms with E-state index in [-0.39, 0.29) is 5.75 Å². The van der Waals surface area contributed by atoms with E-state index in [1.807, 2.05) is 0 Å². The summed E-state index contributed by atoms with van der Waals surface area (Å²) in [4.78, 5) is 0. The molecular formula is C10H15NO4S. The maximum Gasteiger partial charge on any atom is 0.209 e. The standard InChI is InChI=1S/C10H15NO4S/c1-14-9-4-3-8(10(7-9)15-2)5-6-16(11,12)13/h3-4,7H,5-6H2,1-2H3,(H2,11,12,13). The zero-order valence-electron chi connectivity index (χ0n) is 9.26. The molecule has 0 spiro atoms. The summed E-state index contributed by atoms with van der Waals surface area (Å²) in [5, 5.41) is 4.94. The molecule has 1 aromatic rings. The van der Waals surface area contributed by atoms with Crippen LogP contribution < -0.4 is 14.6 Å². The maximum absolute atomic E-state index is 10.8. The summed E-state index contributed by atoms with van der Waals surface area (Å²) in [5.41, 5.74) is 0.789. The highest BCUT2D eigenvalue weighted by atomic mass is 32.2. The first kappa shape index (κ1) is 12.8. The average Bonchev–Trinajstić information content (AvgIpc) is 2.25. The molecule has 0 aromatic heterocycles. The van der Waals surface area contributed by atoms with Crippen molar-refractivity contribution in [1.82, 2.24) is 0 Å². The lowest BCUT2D eigenvalue weighted by Gasteiger charge is -2.09. The van der Waals surface area contributed by atoms with Gasteiger partial charge >= 0.3 is 0 Å². The van der Waals surface area contributed by atoms with Crippen LogP contribution in [0.25, 0.3) is 0 Å². The summed E-state index contributed by atoms with van der Waals surface area (Å²) in [6, 6.07) is 5.22. The van der Waals surface area contributed by atoms with Crippen LogP contribution in [0.4, 0.5) is 0 Å². The van der Waals surface area contributed by atoms with Crippen molar-refractivity contribution in [1.29, 1.82) is 0 Å². The fraction of sp³-hybridized carbons (Fsp3) is 0.400. The Labute approximate surface area is 95.2 Å². The van der Waals surface area contributed by atoms with Crippen LogP contribution in [0.2, 0.25) is 0 Å². The molecule has 0 aliphatic heterocycles. The second kappa shape index (κ2) is 5.18. The summed E-state index contributed by atoms with van der Waals surface area (Å²) in [7, 11) is -0.372. The predicted molar refractivity (Wildman–Crippen MR) is 61.2 cm³/mol. The van der Waals surface area contributed by atoms with E-state index in [2.05, 4.69) is 0 Å². The molecular weight excluding hydrogens is 230 g/mol. The normalized spacial score (nSPS) is 11.2. The number of rotatable bonds is 5. The van der Waals surface area contributed by atoms with Gasteiger partial charge in [-0.1, -0.05) is 6.07 Å². The fourth-order valence-corrected chi connectivity index (χ4v) is 1.82. The molecule has 6 heteroatoms. The molecule has 2 N–H and O–H groups in total. The lowest BCUT2D eigenvalue weighted by atomic mass is 10.1. The van der Waals surface area contributed by atoms with Gasteiger partial charge < -0.3 is 9.47 Å². The number of aryl methyl sites for hydroxylation is 1. The van der Waals surface area contributed by atoms with Crippen molar-refractivity contribution in [3.63, 3.8) is 0 Å². The summed E-state index contributed by atoms with van der Waals surface area (Å²) < 4.78 is 31.9. The van der Waals surface area contributed by atoms with Crippen molar-refractivity contribution in [3.8, 4) is 11.5 Å². The molecule has 16 heavy (non-hydrogen) atoms. The Kier molecular flexibility index (Phi) is 4.14. The number of ether oxygens (including phenoxy) is 2. The lowest BCUT2D eigenvalue weighted by Crippen LogP contribution is -2.18. The molecule has 0 atom stereocenters. The minimum Gasteiger partial charge on any atom is -0.497 e. The molecule has 90 valence electrons. The van der Waals surface area contributed by atoms with E-state index in [4.69, 9.17) is 14.6 Å². The van der Waals surface area contributed by atoms with Gasteiger partial charge in [-0.3, -0.25) is 0 Å². The Bertz CT molecular complexity index is 456. The summed E-state index contributed by atoms with van der Waals surface area (Å²) in [5.74, 6) is 1.16. The summed E-state index contributed by atoms with van der Waals surface area (Å²) in [6.45, 7) is 0. The number of methoxy groups -OCH3 is 2. The van der Waals surface area contributed by atoms with Crippen molar-refractivity contribution in [2.45, 2.75) is 6.42 Å². The van der Waals surface area contributed by atoms with Gasteiger partial charge in [0, 0.05) is 6.07 Å². The minimum absolute atomic E-state index is 0.101. The second-order valence-electron chi connectivity index (χ2n) is 3.29. The molecule has 0 fully saturated rings. The van der Waals surface area contributed by atoms with E-state index in [0.29, 0.717) is 17.9 Å². The molecule has 0 saturated heterocycles. The first-order valence-corrected chi connectivity index (χ1v) is 6.39. The summed E-state index contributed by atoms with van der Waals surface area (Å²) >= 11 is 0. The van der Waals surface area contributed by atoms with Crippen molar-refractivity contribution in [2.24, 2.45) is 5.14 Å². The Morgan fingerprint density at radius 3 is 2.44 bits per heavy atom. The molecule has 0 bridgehead atoms. The topological polar surface area (TPSA) is 78.6 Å². The van der Waals surface area contributed by atoms with Gasteiger partial charge in [0.25, 0.3) is 0 Å². The molecule has 0 unspecified atom stereocenters. The van der Waals surface area contributed by atoms with Gasteiger partial charge in [-0.05, 0) is 18.1 Å². The first-order chi connectivity index (χ1) is 7.46. The van der Waals surface area contributed by atoms with Crippen LogP contribution in [-0.2, 0) is 16.4 Å². The van der Waals surface area contributed by atoms with Gasteiger partial charge in [0.2, 0.25) is 10.0 Å². The van der Waals surface area contributed by atoms with Gasteiger partial charge in [0.1, 0.15) is 11.5 Å². The Balaban J connectivity index is 2.87. The first-order valence-electron chi connectivity index (χ1n) is 4.67. The van der Waals surface area contributed by atoms with E-state index < -0.39 is 10.0 Å². The van der Waals surface area contributed by atoms with Crippen LogP contribution in [0, 0.1) is 0 Å². The molecule has 0 amide bonds. The average molecular weight is 245 g/mol. The maximum atomic E-state index is 10.8. The molecule has 5 nitrogen and oxygen atoms in total. The van der Waals surface area contributed by atoms with Crippen molar-refractivity contribution in [2.75, 3.05) is 20.0 Å². The fourth-order valence-electron chi connectivity index (χ4n) is 1.31. The van der Waals surface area contributed by atoms with Crippen LogP contribution in [0.15, 0.2) is 18.2 Å². The Morgan fingerprint density at radius 1 is 1.25 bits per heavy atom. The molecule has 0 radical (unpaired) electrons. The third kappa shape index (κ3) is 3.71. The van der Waals surface area contributed by atoms with Gasteiger partial charge in [0.05, 0.1) is 20.0 Å². The highest BCUT2D eigenvalue weighted by Gasteiger charge is 2.08. The Hall–Kier alpha value is -1.27. The van der Waals surface area contributed by atoms with Gasteiger partial charge in [-0.2, -0.15) is 0 Å². The highest BCUT2D eigenvalue weighted by molar-refractivity contribution is 7.89. The van der Waals surface area contributed by atoms with Crippen LogP contribution in [0.1, 0.15) is 5.56 Å². The largest absolute Gasteiger partial charge is 0.497 e. The van der Waals surface area contributed by atoms with E-state index in [9.17, 15) is 8.42 Å². The van der Waals surface area contributed by atoms with E-state index in [1.54, 1.807) is 25.3 Å². The van der Waals surface area contributed by atoms with Crippen LogP contribution in [-0.4, -0.2) is 28.4 Å². The zero-order chi connectivity index (χ0) is 12.2. The van der Waals surface area contributed by atoms with Gasteiger partial charge in [-0.15, -0.1) is 0 Å². The third-order valence-corrected chi connectivity index (χ3v) is 2.92. The SMILES string of the molecule is COc1ccc(CCS(N)(=O)=O)c(OC)c1. The Morgan fingerprint density at radius 2 is 1.94 bits per heavy atom. The molecule has 0 heterocycles. The quantitative estimate of drug-likeness (QED) is 0.821. The summed E-state index contributed by atoms with van der Waals surface area (Å²) in [6.07, 6.45) is 0.325. The lowest BCUT2D eigenvalue weighted by molar-refractivity contribution is 0.391. The zero-order valence-corrected chi connectivity index (χ0v) is 10.1. The van der Waals surface area contributed by atoms with Crippen LogP contribution in [0.5, 0.6) is 11.5 Å². The van der Waals surface area contributed by atoms with Gasteiger partial charge in [-0.25, -0.2) is 13.6 Å². The molecule has 1 rings (SSSR count). The van der Waals surface area contributed by atoms with Crippen molar-refractivity contribution < 1.29 is 17.9 Å². The van der Waals surface area contributed by atoms with Crippen LogP contribution >= 0.6 is 0 Å². The second-order valence-corrected chi connectivity index (χ2v) is 5.03. The monoisotopic (exact) mass is 245 g/mol. The third-order valence-electron chi connectivity index (χ3n) is 2.15. The molecule has 0 saturated carbocycles.